The molecule has 1 saturated heterocycles. The van der Waals surface area contributed by atoms with E-state index in [4.69, 9.17) is 10.00 Å². The molecular weight excluding hydrogens is 442 g/mol. The summed E-state index contributed by atoms with van der Waals surface area (Å²) in [6.07, 6.45) is -17.9. The molecular formula is C21H16F6N2O3. The summed E-state index contributed by atoms with van der Waals surface area (Å²) in [4.78, 5) is 12.6. The second kappa shape index (κ2) is 8.98. The molecule has 0 aromatic heterocycles. The van der Waals surface area contributed by atoms with Gasteiger partial charge in [0.15, 0.2) is 0 Å². The highest BCUT2D eigenvalue weighted by atomic mass is 19.4. The molecule has 1 unspecified atom stereocenters. The van der Waals surface area contributed by atoms with E-state index in [2.05, 4.69) is 4.74 Å². The summed E-state index contributed by atoms with van der Waals surface area (Å²) in [6, 6.07) is 15.7. The number of likely N-dealkylation sites (tertiary alicyclic amines) is 1. The van der Waals surface area contributed by atoms with Crippen LogP contribution in [0.1, 0.15) is 12.0 Å². The number of alkyl halides is 6. The highest BCUT2D eigenvalue weighted by molar-refractivity contribution is 5.68. The summed E-state index contributed by atoms with van der Waals surface area (Å²) < 4.78 is 85.0. The minimum absolute atomic E-state index is 0.115. The van der Waals surface area contributed by atoms with Crippen molar-refractivity contribution in [2.24, 2.45) is 0 Å². The van der Waals surface area contributed by atoms with Gasteiger partial charge >= 0.3 is 18.4 Å². The highest BCUT2D eigenvalue weighted by Crippen LogP contribution is 2.36. The zero-order valence-corrected chi connectivity index (χ0v) is 16.3. The van der Waals surface area contributed by atoms with E-state index in [-0.39, 0.29) is 19.5 Å². The lowest BCUT2D eigenvalue weighted by molar-refractivity contribution is -0.308. The van der Waals surface area contributed by atoms with Gasteiger partial charge in [0.25, 0.3) is 6.10 Å². The summed E-state index contributed by atoms with van der Waals surface area (Å²) >= 11 is 0. The largest absolute Gasteiger partial charge is 0.488 e. The molecule has 2 aromatic carbocycles. The Morgan fingerprint density at radius 1 is 1.03 bits per heavy atom. The number of nitriles is 1. The monoisotopic (exact) mass is 458 g/mol. The van der Waals surface area contributed by atoms with Crippen molar-refractivity contribution in [1.82, 2.24) is 4.90 Å². The SMILES string of the molecule is N#Cc1cccc(-c2cccc(OC3CCN(C(=O)OC(C(F)(F)F)C(F)(F)F)C3)c2)c1. The van der Waals surface area contributed by atoms with Crippen LogP contribution in [-0.2, 0) is 4.74 Å². The molecule has 32 heavy (non-hydrogen) atoms. The van der Waals surface area contributed by atoms with E-state index in [1.54, 1.807) is 48.5 Å². The van der Waals surface area contributed by atoms with Gasteiger partial charge in [-0.05, 0) is 35.4 Å². The van der Waals surface area contributed by atoms with Crippen molar-refractivity contribution in [3.8, 4) is 22.9 Å². The molecule has 0 radical (unpaired) electrons. The van der Waals surface area contributed by atoms with E-state index >= 15 is 0 Å². The van der Waals surface area contributed by atoms with Crippen LogP contribution in [0.3, 0.4) is 0 Å². The van der Waals surface area contributed by atoms with Crippen molar-refractivity contribution in [3.05, 3.63) is 54.1 Å². The van der Waals surface area contributed by atoms with Crippen LogP contribution in [0.15, 0.2) is 48.5 Å². The van der Waals surface area contributed by atoms with Crippen LogP contribution in [0.4, 0.5) is 31.1 Å². The van der Waals surface area contributed by atoms with Crippen molar-refractivity contribution in [3.63, 3.8) is 0 Å². The van der Waals surface area contributed by atoms with Gasteiger partial charge in [0, 0.05) is 13.0 Å². The third kappa shape index (κ3) is 5.63. The molecule has 1 aliphatic rings. The van der Waals surface area contributed by atoms with E-state index in [0.29, 0.717) is 11.3 Å². The smallest absolute Gasteiger partial charge is 0.434 e. The first kappa shape index (κ1) is 23.2. The number of hydrogen-bond donors (Lipinski definition) is 0. The first-order valence-corrected chi connectivity index (χ1v) is 9.33. The van der Waals surface area contributed by atoms with Crippen molar-refractivity contribution < 1.29 is 40.6 Å². The second-order valence-corrected chi connectivity index (χ2v) is 7.04. The molecule has 0 spiro atoms. The Morgan fingerprint density at radius 2 is 1.66 bits per heavy atom. The second-order valence-electron chi connectivity index (χ2n) is 7.04. The predicted octanol–water partition coefficient (Wildman–Crippen LogP) is 5.31. The van der Waals surface area contributed by atoms with Gasteiger partial charge in [0.1, 0.15) is 11.9 Å². The number of carbonyl (C=O) groups excluding carboxylic acids is 1. The van der Waals surface area contributed by atoms with Crippen molar-refractivity contribution in [1.29, 1.82) is 5.26 Å². The topological polar surface area (TPSA) is 62.6 Å². The third-order valence-corrected chi connectivity index (χ3v) is 4.68. The Hall–Kier alpha value is -3.42. The number of nitrogens with zero attached hydrogens (tertiary/aromatic N) is 2. The quantitative estimate of drug-likeness (QED) is 0.583. The molecule has 1 atom stereocenters. The third-order valence-electron chi connectivity index (χ3n) is 4.68. The van der Waals surface area contributed by atoms with Gasteiger partial charge in [0.05, 0.1) is 18.2 Å². The summed E-state index contributed by atoms with van der Waals surface area (Å²) in [7, 11) is 0. The number of ether oxygens (including phenoxy) is 2. The summed E-state index contributed by atoms with van der Waals surface area (Å²) in [5.74, 6) is 0.397. The van der Waals surface area contributed by atoms with Gasteiger partial charge in [0.2, 0.25) is 0 Å². The highest BCUT2D eigenvalue weighted by Gasteiger charge is 2.60. The fraction of sp³-hybridized carbons (Fsp3) is 0.333. The Kier molecular flexibility index (Phi) is 6.52. The molecule has 0 aliphatic carbocycles. The van der Waals surface area contributed by atoms with Gasteiger partial charge in [-0.3, -0.25) is 0 Å². The molecule has 1 fully saturated rings. The number of hydrogen-bond acceptors (Lipinski definition) is 4. The van der Waals surface area contributed by atoms with E-state index in [0.717, 1.165) is 16.0 Å². The Bertz CT molecular complexity index is 1000. The van der Waals surface area contributed by atoms with Gasteiger partial charge in [-0.2, -0.15) is 31.6 Å². The van der Waals surface area contributed by atoms with Crippen molar-refractivity contribution in [2.75, 3.05) is 13.1 Å². The molecule has 0 bridgehead atoms. The van der Waals surface area contributed by atoms with Crippen molar-refractivity contribution >= 4 is 6.09 Å². The Morgan fingerprint density at radius 3 is 2.28 bits per heavy atom. The van der Waals surface area contributed by atoms with Crippen LogP contribution < -0.4 is 4.74 Å². The number of carbonyl (C=O) groups is 1. The molecule has 3 rings (SSSR count). The maximum Gasteiger partial charge on any atom is 0.434 e. The van der Waals surface area contributed by atoms with Crippen molar-refractivity contribution in [2.45, 2.75) is 31.0 Å². The summed E-state index contributed by atoms with van der Waals surface area (Å²) in [5, 5.41) is 9.02. The standard InChI is InChI=1S/C21H16F6N2O3/c22-20(23,24)18(21(25,26)27)32-19(30)29-8-7-17(12-29)31-16-6-2-5-15(10-16)14-4-1-3-13(9-14)11-28/h1-6,9-10,17-18H,7-8,12H2. The van der Waals surface area contributed by atoms with Gasteiger partial charge < -0.3 is 14.4 Å². The number of amides is 1. The predicted molar refractivity (Wildman–Crippen MR) is 99.6 cm³/mol. The normalized spacial score (nSPS) is 16.7. The van der Waals surface area contributed by atoms with E-state index in [1.807, 2.05) is 6.07 Å². The maximum atomic E-state index is 12.6. The van der Waals surface area contributed by atoms with E-state index < -0.39 is 30.7 Å². The van der Waals surface area contributed by atoms with Crippen LogP contribution in [0.25, 0.3) is 11.1 Å². The fourth-order valence-electron chi connectivity index (χ4n) is 3.19. The molecule has 1 amide bonds. The molecule has 5 nitrogen and oxygen atoms in total. The first-order chi connectivity index (χ1) is 15.0. The van der Waals surface area contributed by atoms with Gasteiger partial charge in [-0.1, -0.05) is 24.3 Å². The molecule has 0 saturated carbocycles. The Balaban J connectivity index is 1.64. The number of rotatable bonds is 4. The molecule has 11 heteroatoms. The minimum Gasteiger partial charge on any atom is -0.488 e. The summed E-state index contributed by atoms with van der Waals surface area (Å²) in [6.45, 7) is -0.342. The van der Waals surface area contributed by atoms with Crippen LogP contribution >= 0.6 is 0 Å². The fourth-order valence-corrected chi connectivity index (χ4v) is 3.19. The average Bonchev–Trinajstić information content (AvgIpc) is 3.19. The zero-order valence-electron chi connectivity index (χ0n) is 16.3. The molecule has 1 aliphatic heterocycles. The van der Waals surface area contributed by atoms with Crippen LogP contribution in [-0.4, -0.2) is 48.6 Å². The Labute approximate surface area is 178 Å². The summed E-state index contributed by atoms with van der Waals surface area (Å²) in [5.41, 5.74) is 1.97. The average molecular weight is 458 g/mol. The van der Waals surface area contributed by atoms with Gasteiger partial charge in [-0.15, -0.1) is 0 Å². The van der Waals surface area contributed by atoms with Crippen LogP contribution in [0.2, 0.25) is 0 Å². The van der Waals surface area contributed by atoms with E-state index in [9.17, 15) is 31.1 Å². The lowest BCUT2D eigenvalue weighted by atomic mass is 10.0. The van der Waals surface area contributed by atoms with Crippen LogP contribution in [0, 0.1) is 11.3 Å². The zero-order chi connectivity index (χ0) is 23.5. The van der Waals surface area contributed by atoms with E-state index in [1.165, 1.54) is 0 Å². The maximum absolute atomic E-state index is 12.6. The minimum atomic E-state index is -5.77. The molecule has 2 aromatic rings. The van der Waals surface area contributed by atoms with Gasteiger partial charge in [-0.25, -0.2) is 4.79 Å². The lowest BCUT2D eigenvalue weighted by Gasteiger charge is -2.25. The number of benzene rings is 2. The molecule has 1 heterocycles. The molecule has 170 valence electrons. The molecule has 0 N–H and O–H groups in total. The lowest BCUT2D eigenvalue weighted by Crippen LogP contribution is -2.48. The number of halogens is 6. The van der Waals surface area contributed by atoms with Crippen LogP contribution in [0.5, 0.6) is 5.75 Å². The first-order valence-electron chi connectivity index (χ1n) is 9.33.